The molecule has 4 amide bonds. The van der Waals surface area contributed by atoms with E-state index in [2.05, 4.69) is 19.9 Å². The normalized spacial score (nSPS) is 14.4. The van der Waals surface area contributed by atoms with Crippen molar-refractivity contribution in [3.05, 3.63) is 82.4 Å². The van der Waals surface area contributed by atoms with Gasteiger partial charge >= 0.3 is 0 Å². The van der Waals surface area contributed by atoms with Crippen LogP contribution in [0.25, 0.3) is 22.1 Å². The molecule has 42 heavy (non-hydrogen) atoms. The molecule has 4 heterocycles. The van der Waals surface area contributed by atoms with Gasteiger partial charge in [0.05, 0.1) is 13.1 Å². The fourth-order valence-corrected chi connectivity index (χ4v) is 5.35. The van der Waals surface area contributed by atoms with Gasteiger partial charge in [-0.3, -0.25) is 29.0 Å². The molecular formula is C28H16N6O8. The van der Waals surface area contributed by atoms with Gasteiger partial charge in [0.25, 0.3) is 23.6 Å². The molecule has 2 aromatic heterocycles. The summed E-state index contributed by atoms with van der Waals surface area (Å²) in [5.41, 5.74) is -1.19. The third-order valence-electron chi connectivity index (χ3n) is 7.25. The summed E-state index contributed by atoms with van der Waals surface area (Å²) in [6.07, 6.45) is 5.08. The summed E-state index contributed by atoms with van der Waals surface area (Å²) in [6, 6.07) is 6.37. The highest BCUT2D eigenvalue weighted by Gasteiger charge is 2.44. The molecule has 0 fully saturated rings. The summed E-state index contributed by atoms with van der Waals surface area (Å²) < 4.78 is 0. The molecule has 14 nitrogen and oxygen atoms in total. The Morgan fingerprint density at radius 3 is 1.07 bits per heavy atom. The molecule has 0 radical (unpaired) electrons. The summed E-state index contributed by atoms with van der Waals surface area (Å²) in [5, 5.41) is 42.7. The molecule has 7 rings (SSSR count). The number of nitrogens with zero attached hydrogens (tertiary/aromatic N) is 6. The number of imide groups is 2. The molecule has 4 N–H and O–H groups in total. The number of amides is 4. The lowest BCUT2D eigenvalue weighted by atomic mass is 10.1. The highest BCUT2D eigenvalue weighted by atomic mass is 16.3. The zero-order valence-corrected chi connectivity index (χ0v) is 21.1. The maximum atomic E-state index is 13.2. The number of hydrogen-bond acceptors (Lipinski definition) is 12. The molecular weight excluding hydrogens is 548 g/mol. The van der Waals surface area contributed by atoms with Gasteiger partial charge in [0.2, 0.25) is 0 Å². The van der Waals surface area contributed by atoms with Crippen LogP contribution in [-0.4, -0.2) is 73.8 Å². The van der Waals surface area contributed by atoms with Crippen molar-refractivity contribution in [2.45, 2.75) is 13.1 Å². The fraction of sp³-hybridized carbons (Fsp3) is 0.0714. The predicted molar refractivity (Wildman–Crippen MR) is 141 cm³/mol. The second-order valence-electron chi connectivity index (χ2n) is 9.61. The number of rotatable bonds is 4. The zero-order valence-electron chi connectivity index (χ0n) is 21.1. The molecule has 5 aromatic rings. The van der Waals surface area contributed by atoms with Crippen LogP contribution in [0, 0.1) is 0 Å². The second-order valence-corrected chi connectivity index (χ2v) is 9.61. The van der Waals surface area contributed by atoms with Crippen molar-refractivity contribution < 1.29 is 39.6 Å². The number of phenolic OH excluding ortho intramolecular Hbond substituents is 4. The predicted octanol–water partition coefficient (Wildman–Crippen LogP) is 1.99. The molecule has 14 heteroatoms. The van der Waals surface area contributed by atoms with E-state index in [1.807, 2.05) is 0 Å². The van der Waals surface area contributed by atoms with Gasteiger partial charge in [0.15, 0.2) is 23.0 Å². The number of carbonyl (C=O) groups excluding carboxylic acids is 4. The molecule has 3 aromatic carbocycles. The average Bonchev–Trinajstić information content (AvgIpc) is 3.39. The Labute approximate surface area is 233 Å². The Hall–Kier alpha value is -6.18. The van der Waals surface area contributed by atoms with E-state index in [-0.39, 0.29) is 57.4 Å². The first kappa shape index (κ1) is 24.8. The van der Waals surface area contributed by atoms with Gasteiger partial charge in [-0.1, -0.05) is 24.3 Å². The SMILES string of the molecule is O=C1c2c(c(O)c3nccnc3c2O)C(=O)N1Cc1cccc(CN2C(=O)c3c(c(O)c4nccnc4c3O)C2=O)c1. The standard InChI is InChI=1S/C28H16N6O8/c35-21-13-14(22(36)18-17(21)29-4-5-30-18)26(40)33(25(13)39)9-11-2-1-3-12(8-11)10-34-27(41)15-16(28(34)42)24(38)20-19(23(15)37)31-6-7-32-20/h1-8,35-38H,9-10H2. The van der Waals surface area contributed by atoms with Crippen molar-refractivity contribution in [1.82, 2.24) is 29.7 Å². The Morgan fingerprint density at radius 2 is 0.786 bits per heavy atom. The number of aromatic nitrogens is 4. The van der Waals surface area contributed by atoms with E-state index in [1.54, 1.807) is 24.3 Å². The topological polar surface area (TPSA) is 207 Å². The van der Waals surface area contributed by atoms with Crippen molar-refractivity contribution >= 4 is 45.7 Å². The minimum Gasteiger partial charge on any atom is -0.505 e. The van der Waals surface area contributed by atoms with E-state index in [0.717, 1.165) is 9.80 Å². The lowest BCUT2D eigenvalue weighted by Crippen LogP contribution is -2.30. The Bertz CT molecular complexity index is 1830. The van der Waals surface area contributed by atoms with Gasteiger partial charge in [-0.2, -0.15) is 0 Å². The average molecular weight is 564 g/mol. The van der Waals surface area contributed by atoms with E-state index >= 15 is 0 Å². The van der Waals surface area contributed by atoms with E-state index in [4.69, 9.17) is 0 Å². The van der Waals surface area contributed by atoms with E-state index < -0.39 is 46.6 Å². The van der Waals surface area contributed by atoms with E-state index in [0.29, 0.717) is 11.1 Å². The third kappa shape index (κ3) is 3.25. The van der Waals surface area contributed by atoms with Gasteiger partial charge in [-0.15, -0.1) is 0 Å². The number of phenols is 4. The maximum absolute atomic E-state index is 13.2. The summed E-state index contributed by atoms with van der Waals surface area (Å²) in [6.45, 7) is -0.522. The van der Waals surface area contributed by atoms with Crippen molar-refractivity contribution in [3.8, 4) is 23.0 Å². The monoisotopic (exact) mass is 564 g/mol. The zero-order chi connectivity index (χ0) is 29.4. The van der Waals surface area contributed by atoms with Crippen LogP contribution in [0.5, 0.6) is 23.0 Å². The smallest absolute Gasteiger partial charge is 0.265 e. The van der Waals surface area contributed by atoms with Gasteiger partial charge in [0.1, 0.15) is 44.3 Å². The Kier molecular flexibility index (Phi) is 5.12. The Morgan fingerprint density at radius 1 is 0.500 bits per heavy atom. The lowest BCUT2D eigenvalue weighted by Gasteiger charge is -2.17. The van der Waals surface area contributed by atoms with Crippen LogP contribution in [0.15, 0.2) is 49.1 Å². The van der Waals surface area contributed by atoms with E-state index in [1.165, 1.54) is 24.8 Å². The lowest BCUT2D eigenvalue weighted by molar-refractivity contribution is 0.0628. The van der Waals surface area contributed by atoms with E-state index in [9.17, 15) is 39.6 Å². The molecule has 206 valence electrons. The Balaban J connectivity index is 1.19. The first-order chi connectivity index (χ1) is 20.2. The van der Waals surface area contributed by atoms with Crippen LogP contribution in [0.2, 0.25) is 0 Å². The first-order valence-electron chi connectivity index (χ1n) is 12.4. The minimum atomic E-state index is -0.846. The number of benzene rings is 3. The molecule has 2 aliphatic heterocycles. The van der Waals surface area contributed by atoms with Crippen LogP contribution >= 0.6 is 0 Å². The van der Waals surface area contributed by atoms with Crippen LogP contribution in [-0.2, 0) is 13.1 Å². The number of fused-ring (bicyclic) bond motifs is 4. The van der Waals surface area contributed by atoms with Gasteiger partial charge in [-0.25, -0.2) is 19.9 Å². The minimum absolute atomic E-state index is 0.128. The van der Waals surface area contributed by atoms with Crippen molar-refractivity contribution in [2.75, 3.05) is 0 Å². The summed E-state index contributed by atoms with van der Waals surface area (Å²) in [5.74, 6) is -5.68. The number of hydrogen-bond donors (Lipinski definition) is 4. The molecule has 0 bridgehead atoms. The van der Waals surface area contributed by atoms with Gasteiger partial charge in [0, 0.05) is 24.8 Å². The molecule has 0 unspecified atom stereocenters. The van der Waals surface area contributed by atoms with Crippen LogP contribution in [0.3, 0.4) is 0 Å². The van der Waals surface area contributed by atoms with Gasteiger partial charge in [-0.05, 0) is 11.1 Å². The van der Waals surface area contributed by atoms with Crippen molar-refractivity contribution in [1.29, 1.82) is 0 Å². The summed E-state index contributed by atoms with van der Waals surface area (Å²) in [4.78, 5) is 70.3. The maximum Gasteiger partial charge on any atom is 0.265 e. The number of aromatic hydroxyl groups is 4. The molecule has 0 saturated heterocycles. The molecule has 0 atom stereocenters. The van der Waals surface area contributed by atoms with Crippen LogP contribution in [0.1, 0.15) is 52.6 Å². The first-order valence-corrected chi connectivity index (χ1v) is 12.4. The van der Waals surface area contributed by atoms with Crippen LogP contribution in [0.4, 0.5) is 0 Å². The summed E-state index contributed by atoms with van der Waals surface area (Å²) >= 11 is 0. The molecule has 0 spiro atoms. The molecule has 2 aliphatic rings. The highest BCUT2D eigenvalue weighted by molar-refractivity contribution is 6.27. The fourth-order valence-electron chi connectivity index (χ4n) is 5.35. The highest BCUT2D eigenvalue weighted by Crippen LogP contribution is 2.44. The number of carbonyl (C=O) groups is 4. The van der Waals surface area contributed by atoms with Crippen LogP contribution < -0.4 is 0 Å². The molecule has 0 aliphatic carbocycles. The van der Waals surface area contributed by atoms with Crippen molar-refractivity contribution in [2.24, 2.45) is 0 Å². The molecule has 0 saturated carbocycles. The third-order valence-corrected chi connectivity index (χ3v) is 7.25. The van der Waals surface area contributed by atoms with Gasteiger partial charge < -0.3 is 20.4 Å². The summed E-state index contributed by atoms with van der Waals surface area (Å²) in [7, 11) is 0. The second kappa shape index (κ2) is 8.66. The van der Waals surface area contributed by atoms with Crippen molar-refractivity contribution in [3.63, 3.8) is 0 Å². The largest absolute Gasteiger partial charge is 0.505 e. The quantitative estimate of drug-likeness (QED) is 0.183.